The predicted octanol–water partition coefficient (Wildman–Crippen LogP) is 2.93. The summed E-state index contributed by atoms with van der Waals surface area (Å²) >= 11 is 0. The molecule has 1 amide bonds. The Morgan fingerprint density at radius 2 is 1.87 bits per heavy atom. The summed E-state index contributed by atoms with van der Waals surface area (Å²) in [6.45, 7) is 3.43. The highest BCUT2D eigenvalue weighted by molar-refractivity contribution is 5.95. The number of hydrogen-bond acceptors (Lipinski definition) is 3. The summed E-state index contributed by atoms with van der Waals surface area (Å²) in [5, 5.41) is 15.6. The minimum absolute atomic E-state index is 0.0540. The molecule has 0 aliphatic carbocycles. The Morgan fingerprint density at radius 1 is 1.26 bits per heavy atom. The first-order valence-electron chi connectivity index (χ1n) is 7.51. The molecule has 1 aromatic rings. The number of alkyl halides is 3. The molecule has 2 atom stereocenters. The van der Waals surface area contributed by atoms with Crippen LogP contribution in [0.4, 0.5) is 18.9 Å². The maximum Gasteiger partial charge on any atom is 0.416 e. The Bertz CT molecular complexity index is 550. The molecule has 0 aromatic heterocycles. The lowest BCUT2D eigenvalue weighted by molar-refractivity contribution is -0.137. The number of benzene rings is 1. The van der Waals surface area contributed by atoms with Crippen LogP contribution in [0.5, 0.6) is 0 Å². The molecule has 3 N–H and O–H groups in total. The molecule has 1 unspecified atom stereocenters. The van der Waals surface area contributed by atoms with Gasteiger partial charge in [-0.25, -0.2) is 0 Å². The lowest BCUT2D eigenvalue weighted by Crippen LogP contribution is -2.41. The Hall–Kier alpha value is -1.60. The third-order valence-electron chi connectivity index (χ3n) is 3.78. The van der Waals surface area contributed by atoms with Gasteiger partial charge in [0.15, 0.2) is 0 Å². The molecule has 7 heteroatoms. The Labute approximate surface area is 133 Å². The van der Waals surface area contributed by atoms with Gasteiger partial charge in [-0.05, 0) is 57.4 Å². The maximum absolute atomic E-state index is 12.5. The van der Waals surface area contributed by atoms with E-state index >= 15 is 0 Å². The average Bonchev–Trinajstić information content (AvgIpc) is 2.84. The summed E-state index contributed by atoms with van der Waals surface area (Å²) in [6.07, 6.45) is -2.45. The fourth-order valence-corrected chi connectivity index (χ4v) is 2.76. The summed E-state index contributed by atoms with van der Waals surface area (Å²) in [7, 11) is 0. The monoisotopic (exact) mass is 330 g/mol. The number of hydrogen-bond donors (Lipinski definition) is 3. The van der Waals surface area contributed by atoms with Crippen LogP contribution in [0.15, 0.2) is 24.3 Å². The molecule has 1 fully saturated rings. The van der Waals surface area contributed by atoms with E-state index in [-0.39, 0.29) is 11.9 Å². The van der Waals surface area contributed by atoms with E-state index in [1.807, 2.05) is 0 Å². The molecule has 0 spiro atoms. The molecule has 1 aromatic carbocycles. The number of carbonyl (C=O) groups is 1. The molecule has 1 heterocycles. The van der Waals surface area contributed by atoms with Crippen LogP contribution in [0.1, 0.15) is 38.7 Å². The van der Waals surface area contributed by atoms with E-state index in [1.165, 1.54) is 12.1 Å². The van der Waals surface area contributed by atoms with Gasteiger partial charge >= 0.3 is 6.18 Å². The second-order valence-corrected chi connectivity index (χ2v) is 6.57. The molecule has 0 radical (unpaired) electrons. The number of carbonyl (C=O) groups excluding carboxylic acids is 1. The highest BCUT2D eigenvalue weighted by atomic mass is 19.4. The van der Waals surface area contributed by atoms with Crippen molar-refractivity contribution in [3.05, 3.63) is 29.8 Å². The van der Waals surface area contributed by atoms with Crippen LogP contribution in [0.3, 0.4) is 0 Å². The van der Waals surface area contributed by atoms with E-state index in [0.717, 1.165) is 18.6 Å². The molecule has 0 bridgehead atoms. The number of nitrogens with one attached hydrogen (secondary N) is 2. The Balaban J connectivity index is 1.90. The fourth-order valence-electron chi connectivity index (χ4n) is 2.76. The van der Waals surface area contributed by atoms with Gasteiger partial charge in [0.2, 0.25) is 5.91 Å². The molecule has 0 saturated carbocycles. The van der Waals surface area contributed by atoms with E-state index in [4.69, 9.17) is 0 Å². The van der Waals surface area contributed by atoms with Crippen LogP contribution in [0.25, 0.3) is 0 Å². The first kappa shape index (κ1) is 17.7. The Morgan fingerprint density at radius 3 is 2.39 bits per heavy atom. The molecular weight excluding hydrogens is 309 g/mol. The summed E-state index contributed by atoms with van der Waals surface area (Å²) in [4.78, 5) is 12.1. The molecule has 1 aliphatic rings. The van der Waals surface area contributed by atoms with Gasteiger partial charge in [-0.1, -0.05) is 0 Å². The van der Waals surface area contributed by atoms with Crippen LogP contribution in [0.2, 0.25) is 0 Å². The molecular formula is C16H21F3N2O2. The quantitative estimate of drug-likeness (QED) is 0.795. The third-order valence-corrected chi connectivity index (χ3v) is 3.78. The lowest BCUT2D eigenvalue weighted by Gasteiger charge is -2.22. The zero-order chi connectivity index (χ0) is 17.3. The second-order valence-electron chi connectivity index (χ2n) is 6.57. The van der Waals surface area contributed by atoms with Crippen molar-refractivity contribution in [2.45, 2.75) is 57.0 Å². The van der Waals surface area contributed by atoms with Crippen molar-refractivity contribution in [3.63, 3.8) is 0 Å². The number of rotatable bonds is 4. The van der Waals surface area contributed by atoms with Gasteiger partial charge in [0.1, 0.15) is 0 Å². The van der Waals surface area contributed by atoms with Crippen LogP contribution < -0.4 is 10.6 Å². The van der Waals surface area contributed by atoms with Gasteiger partial charge < -0.3 is 15.7 Å². The molecule has 1 aliphatic heterocycles. The molecule has 1 saturated heterocycles. The summed E-state index contributed by atoms with van der Waals surface area (Å²) in [5.41, 5.74) is -1.23. The minimum atomic E-state index is -4.39. The van der Waals surface area contributed by atoms with E-state index in [2.05, 4.69) is 10.6 Å². The topological polar surface area (TPSA) is 61.4 Å². The van der Waals surface area contributed by atoms with Crippen LogP contribution in [-0.2, 0) is 11.0 Å². The van der Waals surface area contributed by atoms with Crippen LogP contribution in [0, 0.1) is 0 Å². The average molecular weight is 330 g/mol. The van der Waals surface area contributed by atoms with Gasteiger partial charge in [-0.2, -0.15) is 13.2 Å². The normalized spacial score (nSPS) is 22.2. The molecule has 4 nitrogen and oxygen atoms in total. The number of anilines is 1. The van der Waals surface area contributed by atoms with Gasteiger partial charge in [0.05, 0.1) is 17.2 Å². The van der Waals surface area contributed by atoms with Gasteiger partial charge in [0.25, 0.3) is 0 Å². The molecule has 2 rings (SSSR count). The lowest BCUT2D eigenvalue weighted by atomic mass is 9.98. The maximum atomic E-state index is 12.5. The van der Waals surface area contributed by atoms with E-state index in [9.17, 15) is 23.1 Å². The zero-order valence-corrected chi connectivity index (χ0v) is 13.1. The summed E-state index contributed by atoms with van der Waals surface area (Å²) < 4.78 is 37.5. The number of aliphatic hydroxyl groups is 1. The van der Waals surface area contributed by atoms with E-state index < -0.39 is 23.4 Å². The minimum Gasteiger partial charge on any atom is -0.390 e. The van der Waals surface area contributed by atoms with Gasteiger partial charge in [0, 0.05) is 11.7 Å². The van der Waals surface area contributed by atoms with E-state index in [0.29, 0.717) is 18.5 Å². The zero-order valence-electron chi connectivity index (χ0n) is 13.1. The fraction of sp³-hybridized carbons (Fsp3) is 0.562. The third kappa shape index (κ3) is 5.21. The van der Waals surface area contributed by atoms with Crippen molar-refractivity contribution in [1.82, 2.24) is 5.32 Å². The van der Waals surface area contributed by atoms with Crippen LogP contribution in [-0.4, -0.2) is 28.7 Å². The number of amides is 1. The van der Waals surface area contributed by atoms with Crippen molar-refractivity contribution in [3.8, 4) is 0 Å². The summed E-state index contributed by atoms with van der Waals surface area (Å²) in [5.74, 6) is -0.275. The number of halogens is 3. The highest BCUT2D eigenvalue weighted by Gasteiger charge is 2.32. The van der Waals surface area contributed by atoms with Crippen LogP contribution >= 0.6 is 0 Å². The Kier molecular flexibility index (Phi) is 5.01. The van der Waals surface area contributed by atoms with Gasteiger partial charge in [-0.15, -0.1) is 0 Å². The van der Waals surface area contributed by atoms with Crippen molar-refractivity contribution >= 4 is 11.6 Å². The largest absolute Gasteiger partial charge is 0.416 e. The van der Waals surface area contributed by atoms with Crippen molar-refractivity contribution in [1.29, 1.82) is 0 Å². The highest BCUT2D eigenvalue weighted by Crippen LogP contribution is 2.30. The second kappa shape index (κ2) is 6.49. The first-order valence-corrected chi connectivity index (χ1v) is 7.51. The first-order chi connectivity index (χ1) is 10.5. The molecule has 23 heavy (non-hydrogen) atoms. The smallest absolute Gasteiger partial charge is 0.390 e. The standard InChI is InChI=1S/C16H21F3N2O2/c1-15(2,23)9-12-7-8-13(20-12)14(22)21-11-5-3-10(4-6-11)16(17,18)19/h3-6,12-13,20,23H,7-9H2,1-2H3,(H,21,22)/t12?,13-/m1/s1. The van der Waals surface area contributed by atoms with Crippen molar-refractivity contribution < 1.29 is 23.1 Å². The van der Waals surface area contributed by atoms with E-state index in [1.54, 1.807) is 13.8 Å². The van der Waals surface area contributed by atoms with Crippen molar-refractivity contribution in [2.75, 3.05) is 5.32 Å². The molecule has 128 valence electrons. The predicted molar refractivity (Wildman–Crippen MR) is 80.9 cm³/mol. The van der Waals surface area contributed by atoms with Gasteiger partial charge in [-0.3, -0.25) is 4.79 Å². The van der Waals surface area contributed by atoms with Crippen molar-refractivity contribution in [2.24, 2.45) is 0 Å². The SMILES string of the molecule is CC(C)(O)CC1CC[C@H](C(=O)Nc2ccc(C(F)(F)F)cc2)N1. The summed E-state index contributed by atoms with van der Waals surface area (Å²) in [6, 6.07) is 4.01.